The zero-order valence-corrected chi connectivity index (χ0v) is 19.6. The van der Waals surface area contributed by atoms with E-state index in [2.05, 4.69) is 15.2 Å². The first-order chi connectivity index (χ1) is 17.2. The molecule has 4 aromatic heterocycles. The van der Waals surface area contributed by atoms with Gasteiger partial charge in [0.05, 0.1) is 25.8 Å². The number of halogens is 1. The summed E-state index contributed by atoms with van der Waals surface area (Å²) in [4.78, 5) is 9.24. The van der Waals surface area contributed by atoms with E-state index in [1.54, 1.807) is 25.7 Å². The second kappa shape index (κ2) is 8.74. The molecule has 0 spiro atoms. The van der Waals surface area contributed by atoms with Gasteiger partial charge in [-0.2, -0.15) is 5.10 Å². The topological polar surface area (TPSA) is 79.4 Å². The maximum atomic E-state index is 15.2. The molecule has 1 saturated heterocycles. The van der Waals surface area contributed by atoms with Gasteiger partial charge in [-0.25, -0.2) is 14.4 Å². The molecule has 8 nitrogen and oxygen atoms in total. The van der Waals surface area contributed by atoms with Gasteiger partial charge in [0.1, 0.15) is 22.7 Å². The Kier molecular flexibility index (Phi) is 5.41. The minimum absolute atomic E-state index is 0.325. The molecular formula is C26H25FN6O2. The molecule has 1 aromatic carbocycles. The molecule has 5 heterocycles. The number of fused-ring (bicyclic) bond motifs is 2. The van der Waals surface area contributed by atoms with Gasteiger partial charge in [-0.3, -0.25) is 0 Å². The third kappa shape index (κ3) is 3.54. The van der Waals surface area contributed by atoms with E-state index in [4.69, 9.17) is 14.5 Å². The highest BCUT2D eigenvalue weighted by molar-refractivity contribution is 5.91. The van der Waals surface area contributed by atoms with E-state index in [-0.39, 0.29) is 5.82 Å². The quantitative estimate of drug-likeness (QED) is 0.363. The highest BCUT2D eigenvalue weighted by Crippen LogP contribution is 2.39. The predicted molar refractivity (Wildman–Crippen MR) is 130 cm³/mol. The van der Waals surface area contributed by atoms with Crippen molar-refractivity contribution in [1.29, 1.82) is 0 Å². The summed E-state index contributed by atoms with van der Waals surface area (Å²) in [5, 5.41) is 8.40. The molecule has 0 saturated carbocycles. The number of methoxy groups -OCH3 is 1. The fraction of sp³-hybridized carbons (Fsp3) is 0.308. The van der Waals surface area contributed by atoms with Crippen LogP contribution in [0.4, 0.5) is 4.39 Å². The van der Waals surface area contributed by atoms with Crippen molar-refractivity contribution in [2.24, 2.45) is 0 Å². The van der Waals surface area contributed by atoms with Crippen LogP contribution in [0.2, 0.25) is 0 Å². The van der Waals surface area contributed by atoms with Crippen molar-refractivity contribution < 1.29 is 13.9 Å². The molecule has 1 aliphatic rings. The zero-order chi connectivity index (χ0) is 23.9. The number of imidazole rings is 2. The number of aromatic nitrogens is 6. The first kappa shape index (κ1) is 21.7. The van der Waals surface area contributed by atoms with Crippen LogP contribution >= 0.6 is 0 Å². The Labute approximate surface area is 201 Å². The highest BCUT2D eigenvalue weighted by atomic mass is 19.1. The lowest BCUT2D eigenvalue weighted by Crippen LogP contribution is -2.16. The van der Waals surface area contributed by atoms with E-state index in [0.717, 1.165) is 60.6 Å². The number of pyridine rings is 1. The van der Waals surface area contributed by atoms with Crippen molar-refractivity contribution in [1.82, 2.24) is 29.1 Å². The Hall–Kier alpha value is -3.85. The van der Waals surface area contributed by atoms with Crippen molar-refractivity contribution in [3.63, 3.8) is 0 Å². The molecule has 35 heavy (non-hydrogen) atoms. The summed E-state index contributed by atoms with van der Waals surface area (Å²) in [6, 6.07) is 6.93. The molecule has 0 aliphatic carbocycles. The predicted octanol–water partition coefficient (Wildman–Crippen LogP) is 4.87. The third-order valence-electron chi connectivity index (χ3n) is 6.80. The van der Waals surface area contributed by atoms with Crippen LogP contribution in [0.3, 0.4) is 0 Å². The molecule has 0 bridgehead atoms. The van der Waals surface area contributed by atoms with Gasteiger partial charge in [-0.1, -0.05) is 6.07 Å². The SMILES string of the molecule is CCn1cnc2c(-c3ccc(F)c(-c4ccn5c(C6CCOCC6)ncc5c4OC)c3)cnnc21. The van der Waals surface area contributed by atoms with Gasteiger partial charge in [0.25, 0.3) is 0 Å². The maximum absolute atomic E-state index is 15.2. The average Bonchev–Trinajstić information content (AvgIpc) is 3.53. The molecule has 1 aliphatic heterocycles. The Morgan fingerprint density at radius 3 is 2.74 bits per heavy atom. The number of hydrogen-bond donors (Lipinski definition) is 0. The lowest BCUT2D eigenvalue weighted by molar-refractivity contribution is 0.0835. The first-order valence-electron chi connectivity index (χ1n) is 11.8. The minimum Gasteiger partial charge on any atom is -0.494 e. The van der Waals surface area contributed by atoms with Crippen LogP contribution in [0.15, 0.2) is 49.2 Å². The second-order valence-corrected chi connectivity index (χ2v) is 8.68. The summed E-state index contributed by atoms with van der Waals surface area (Å²) in [5.74, 6) is 1.56. The van der Waals surface area contributed by atoms with Crippen LogP contribution in [-0.4, -0.2) is 49.5 Å². The molecule has 0 atom stereocenters. The maximum Gasteiger partial charge on any atom is 0.183 e. The van der Waals surface area contributed by atoms with E-state index in [1.165, 1.54) is 6.07 Å². The van der Waals surface area contributed by atoms with E-state index >= 15 is 4.39 Å². The minimum atomic E-state index is -0.335. The van der Waals surface area contributed by atoms with E-state index in [1.807, 2.05) is 40.4 Å². The van der Waals surface area contributed by atoms with Crippen molar-refractivity contribution in [3.8, 4) is 28.0 Å². The number of benzene rings is 1. The van der Waals surface area contributed by atoms with Crippen molar-refractivity contribution in [3.05, 3.63) is 60.8 Å². The molecule has 0 unspecified atom stereocenters. The number of hydrogen-bond acceptors (Lipinski definition) is 6. The van der Waals surface area contributed by atoms with Crippen LogP contribution in [0.5, 0.6) is 5.75 Å². The van der Waals surface area contributed by atoms with Crippen molar-refractivity contribution in [2.45, 2.75) is 32.2 Å². The summed E-state index contributed by atoms with van der Waals surface area (Å²) in [6.07, 6.45) is 9.04. The Bertz CT molecular complexity index is 1540. The molecular weight excluding hydrogens is 447 g/mol. The van der Waals surface area contributed by atoms with E-state index < -0.39 is 0 Å². The summed E-state index contributed by atoms with van der Waals surface area (Å²) in [7, 11) is 1.61. The molecule has 9 heteroatoms. The van der Waals surface area contributed by atoms with Crippen LogP contribution in [-0.2, 0) is 11.3 Å². The lowest BCUT2D eigenvalue weighted by Gasteiger charge is -2.21. The Morgan fingerprint density at radius 2 is 1.94 bits per heavy atom. The normalized spacial score (nSPS) is 14.7. The van der Waals surface area contributed by atoms with Gasteiger partial charge in [0, 0.05) is 48.6 Å². The molecule has 0 amide bonds. The van der Waals surface area contributed by atoms with Crippen molar-refractivity contribution in [2.75, 3.05) is 20.3 Å². The monoisotopic (exact) mass is 472 g/mol. The second-order valence-electron chi connectivity index (χ2n) is 8.68. The lowest BCUT2D eigenvalue weighted by atomic mass is 9.98. The van der Waals surface area contributed by atoms with Crippen molar-refractivity contribution >= 4 is 16.7 Å². The summed E-state index contributed by atoms with van der Waals surface area (Å²) in [6.45, 7) is 4.24. The molecule has 0 radical (unpaired) electrons. The molecule has 6 rings (SSSR count). The Morgan fingerprint density at radius 1 is 1.09 bits per heavy atom. The van der Waals surface area contributed by atoms with Gasteiger partial charge < -0.3 is 18.4 Å². The van der Waals surface area contributed by atoms with E-state index in [0.29, 0.717) is 28.4 Å². The van der Waals surface area contributed by atoms with Gasteiger partial charge in [-0.05, 0) is 43.5 Å². The number of ether oxygens (including phenoxy) is 2. The number of rotatable bonds is 5. The summed E-state index contributed by atoms with van der Waals surface area (Å²) >= 11 is 0. The highest BCUT2D eigenvalue weighted by Gasteiger charge is 2.23. The largest absolute Gasteiger partial charge is 0.494 e. The first-order valence-corrected chi connectivity index (χ1v) is 11.8. The fourth-order valence-electron chi connectivity index (χ4n) is 4.96. The standard InChI is InChI=1S/C26H25FN6O2/c1-3-32-15-29-23-20(13-30-31-26(23)32)17-4-5-21(27)19(12-17)18-6-9-33-22(24(18)34-2)14-28-25(33)16-7-10-35-11-8-16/h4-6,9,12-16H,3,7-8,10-11H2,1-2H3. The molecule has 1 fully saturated rings. The number of aryl methyl sites for hydroxylation is 1. The van der Waals surface area contributed by atoms with Crippen LogP contribution in [0.1, 0.15) is 31.5 Å². The van der Waals surface area contributed by atoms with Gasteiger partial charge in [0.2, 0.25) is 0 Å². The summed E-state index contributed by atoms with van der Waals surface area (Å²) in [5.41, 5.74) is 4.96. The average molecular weight is 473 g/mol. The smallest absolute Gasteiger partial charge is 0.183 e. The third-order valence-corrected chi connectivity index (χ3v) is 6.80. The van der Waals surface area contributed by atoms with Crippen LogP contribution in [0.25, 0.3) is 38.9 Å². The molecule has 5 aromatic rings. The van der Waals surface area contributed by atoms with Crippen LogP contribution < -0.4 is 4.74 Å². The van der Waals surface area contributed by atoms with Crippen LogP contribution in [0, 0.1) is 5.82 Å². The van der Waals surface area contributed by atoms with Gasteiger partial charge in [-0.15, -0.1) is 5.10 Å². The fourth-order valence-corrected chi connectivity index (χ4v) is 4.96. The van der Waals surface area contributed by atoms with Gasteiger partial charge >= 0.3 is 0 Å². The zero-order valence-electron chi connectivity index (χ0n) is 19.6. The van der Waals surface area contributed by atoms with E-state index in [9.17, 15) is 0 Å². The molecule has 178 valence electrons. The Balaban J connectivity index is 1.48. The summed E-state index contributed by atoms with van der Waals surface area (Å²) < 4.78 is 30.5. The molecule has 0 N–H and O–H groups in total. The van der Waals surface area contributed by atoms with Gasteiger partial charge in [0.15, 0.2) is 11.4 Å². The number of nitrogens with zero attached hydrogens (tertiary/aromatic N) is 6.